The Kier molecular flexibility index (Phi) is 4.33. The van der Waals surface area contributed by atoms with Gasteiger partial charge in [0.05, 0.1) is 15.9 Å². The monoisotopic (exact) mass is 341 g/mol. The highest BCUT2D eigenvalue weighted by molar-refractivity contribution is 9.10. The second-order valence-corrected chi connectivity index (χ2v) is 6.07. The number of halogens is 2. The van der Waals surface area contributed by atoms with Gasteiger partial charge in [0.15, 0.2) is 0 Å². The second kappa shape index (κ2) is 5.65. The molecule has 2 rings (SSSR count). The molecule has 1 aromatic heterocycles. The smallest absolute Gasteiger partial charge is 0.0738 e. The molecule has 1 unspecified atom stereocenters. The van der Waals surface area contributed by atoms with Gasteiger partial charge in [0.1, 0.15) is 0 Å². The fraction of sp³-hybridized carbons (Fsp3) is 0.357. The van der Waals surface area contributed by atoms with Crippen molar-refractivity contribution in [1.82, 2.24) is 9.78 Å². The van der Waals surface area contributed by atoms with Crippen LogP contribution in [0.15, 0.2) is 22.7 Å². The van der Waals surface area contributed by atoms with Crippen molar-refractivity contribution in [2.24, 2.45) is 12.8 Å². The highest BCUT2D eigenvalue weighted by Gasteiger charge is 2.16. The maximum Gasteiger partial charge on any atom is 0.0738 e. The summed E-state index contributed by atoms with van der Waals surface area (Å²) in [5.41, 5.74) is 10.5. The Hall–Kier alpha value is -0.840. The van der Waals surface area contributed by atoms with Gasteiger partial charge in [0, 0.05) is 24.5 Å². The topological polar surface area (TPSA) is 43.8 Å². The summed E-state index contributed by atoms with van der Waals surface area (Å²) in [5.74, 6) is 0. The van der Waals surface area contributed by atoms with Gasteiger partial charge in [-0.3, -0.25) is 4.68 Å². The average Bonchev–Trinajstić information content (AvgIpc) is 2.54. The van der Waals surface area contributed by atoms with Crippen LogP contribution in [0.4, 0.5) is 0 Å². The number of rotatable bonds is 3. The second-order valence-electron chi connectivity index (χ2n) is 4.84. The average molecular weight is 343 g/mol. The zero-order chi connectivity index (χ0) is 14.2. The Morgan fingerprint density at radius 1 is 1.37 bits per heavy atom. The first-order valence-corrected chi connectivity index (χ1v) is 7.26. The normalized spacial score (nSPS) is 12.7. The van der Waals surface area contributed by atoms with E-state index in [1.54, 1.807) is 0 Å². The van der Waals surface area contributed by atoms with E-state index in [0.717, 1.165) is 38.4 Å². The number of hydrogen-bond acceptors (Lipinski definition) is 2. The molecule has 0 bridgehead atoms. The minimum Gasteiger partial charge on any atom is -0.324 e. The lowest BCUT2D eigenvalue weighted by Gasteiger charge is -2.14. The van der Waals surface area contributed by atoms with E-state index in [2.05, 4.69) is 27.1 Å². The molecule has 0 fully saturated rings. The molecule has 19 heavy (non-hydrogen) atoms. The van der Waals surface area contributed by atoms with E-state index in [4.69, 9.17) is 17.3 Å². The molecule has 0 radical (unpaired) electrons. The quantitative estimate of drug-likeness (QED) is 0.924. The van der Waals surface area contributed by atoms with Gasteiger partial charge in [0.25, 0.3) is 0 Å². The molecule has 102 valence electrons. The molecular weight excluding hydrogens is 326 g/mol. The number of aryl methyl sites for hydroxylation is 3. The largest absolute Gasteiger partial charge is 0.324 e. The molecule has 0 aliphatic rings. The van der Waals surface area contributed by atoms with Crippen molar-refractivity contribution in [2.75, 3.05) is 0 Å². The fourth-order valence-electron chi connectivity index (χ4n) is 2.21. The third-order valence-corrected chi connectivity index (χ3v) is 4.42. The summed E-state index contributed by atoms with van der Waals surface area (Å²) in [5, 5.41) is 5.11. The lowest BCUT2D eigenvalue weighted by Crippen LogP contribution is -2.16. The van der Waals surface area contributed by atoms with E-state index >= 15 is 0 Å². The Balaban J connectivity index is 2.27. The number of benzene rings is 1. The van der Waals surface area contributed by atoms with Crippen LogP contribution in [0.3, 0.4) is 0 Å². The number of aromatic nitrogens is 2. The molecule has 0 aliphatic carbocycles. The first kappa shape index (κ1) is 14.6. The van der Waals surface area contributed by atoms with Crippen LogP contribution in [0.2, 0.25) is 5.02 Å². The summed E-state index contributed by atoms with van der Waals surface area (Å²) >= 11 is 9.65. The summed E-state index contributed by atoms with van der Waals surface area (Å²) < 4.78 is 2.90. The minimum absolute atomic E-state index is 0.0940. The van der Waals surface area contributed by atoms with Gasteiger partial charge in [-0.1, -0.05) is 17.7 Å². The number of nitrogens with zero attached hydrogens (tertiary/aromatic N) is 2. The predicted octanol–water partition coefficient (Wildman–Crippen LogP) is 3.70. The molecule has 0 saturated carbocycles. The van der Waals surface area contributed by atoms with Crippen molar-refractivity contribution < 1.29 is 0 Å². The van der Waals surface area contributed by atoms with Crippen molar-refractivity contribution in [3.05, 3.63) is 50.2 Å². The van der Waals surface area contributed by atoms with Crippen LogP contribution in [0.25, 0.3) is 0 Å². The lowest BCUT2D eigenvalue weighted by molar-refractivity contribution is 0.638. The molecule has 2 aromatic rings. The molecule has 0 aliphatic heterocycles. The summed E-state index contributed by atoms with van der Waals surface area (Å²) in [6.07, 6.45) is 0.720. The number of hydrogen-bond donors (Lipinski definition) is 1. The van der Waals surface area contributed by atoms with Crippen LogP contribution in [-0.2, 0) is 13.5 Å². The SMILES string of the molecule is Cc1cc(Cl)cc(C(N)Cc2c(Br)c(C)nn2C)c1. The van der Waals surface area contributed by atoms with Gasteiger partial charge in [-0.25, -0.2) is 0 Å². The first-order valence-electron chi connectivity index (χ1n) is 6.09. The number of nitrogens with two attached hydrogens (primary N) is 1. The molecule has 1 heterocycles. The maximum atomic E-state index is 6.29. The molecule has 2 N–H and O–H groups in total. The van der Waals surface area contributed by atoms with Crippen LogP contribution in [0.5, 0.6) is 0 Å². The molecule has 0 saturated heterocycles. The lowest BCUT2D eigenvalue weighted by atomic mass is 10.0. The van der Waals surface area contributed by atoms with Gasteiger partial charge < -0.3 is 5.73 Å². The summed E-state index contributed by atoms with van der Waals surface area (Å²) in [4.78, 5) is 0. The van der Waals surface area contributed by atoms with Crippen LogP contribution < -0.4 is 5.73 Å². The van der Waals surface area contributed by atoms with E-state index in [-0.39, 0.29) is 6.04 Å². The molecule has 1 aromatic carbocycles. The molecule has 5 heteroatoms. The Labute approximate surface area is 126 Å². The van der Waals surface area contributed by atoms with Gasteiger partial charge >= 0.3 is 0 Å². The van der Waals surface area contributed by atoms with Crippen molar-refractivity contribution in [2.45, 2.75) is 26.3 Å². The van der Waals surface area contributed by atoms with Crippen molar-refractivity contribution in [3.63, 3.8) is 0 Å². The van der Waals surface area contributed by atoms with Crippen molar-refractivity contribution >= 4 is 27.5 Å². The fourth-order valence-corrected chi connectivity index (χ4v) is 3.00. The van der Waals surface area contributed by atoms with Crippen molar-refractivity contribution in [1.29, 1.82) is 0 Å². The molecule has 0 amide bonds. The Morgan fingerprint density at radius 3 is 2.58 bits per heavy atom. The highest BCUT2D eigenvalue weighted by atomic mass is 79.9. The summed E-state index contributed by atoms with van der Waals surface area (Å²) in [6, 6.07) is 5.84. The molecule has 3 nitrogen and oxygen atoms in total. The van der Waals surface area contributed by atoms with E-state index in [1.165, 1.54) is 0 Å². The van der Waals surface area contributed by atoms with Gasteiger partial charge in [-0.15, -0.1) is 0 Å². The first-order chi connectivity index (χ1) is 8.88. The van der Waals surface area contributed by atoms with E-state index < -0.39 is 0 Å². The van der Waals surface area contributed by atoms with E-state index in [0.29, 0.717) is 0 Å². The summed E-state index contributed by atoms with van der Waals surface area (Å²) in [7, 11) is 1.93. The van der Waals surface area contributed by atoms with E-state index in [1.807, 2.05) is 37.7 Å². The zero-order valence-electron chi connectivity index (χ0n) is 11.2. The predicted molar refractivity (Wildman–Crippen MR) is 82.5 cm³/mol. The Bertz CT molecular complexity index is 587. The van der Waals surface area contributed by atoms with Gasteiger partial charge in [-0.2, -0.15) is 5.10 Å². The third-order valence-electron chi connectivity index (χ3n) is 3.17. The molecule has 0 spiro atoms. The maximum absolute atomic E-state index is 6.29. The Morgan fingerprint density at radius 2 is 2.05 bits per heavy atom. The van der Waals surface area contributed by atoms with Gasteiger partial charge in [-0.05, 0) is 53.0 Å². The van der Waals surface area contributed by atoms with Crippen LogP contribution in [-0.4, -0.2) is 9.78 Å². The molecule has 1 atom stereocenters. The highest BCUT2D eigenvalue weighted by Crippen LogP contribution is 2.26. The van der Waals surface area contributed by atoms with Crippen LogP contribution in [0.1, 0.15) is 28.6 Å². The third kappa shape index (κ3) is 3.19. The van der Waals surface area contributed by atoms with Gasteiger partial charge in [0.2, 0.25) is 0 Å². The van der Waals surface area contributed by atoms with Crippen molar-refractivity contribution in [3.8, 4) is 0 Å². The van der Waals surface area contributed by atoms with E-state index in [9.17, 15) is 0 Å². The zero-order valence-corrected chi connectivity index (χ0v) is 13.6. The summed E-state index contributed by atoms with van der Waals surface area (Å²) in [6.45, 7) is 3.99. The van der Waals surface area contributed by atoms with Crippen LogP contribution in [0, 0.1) is 13.8 Å². The minimum atomic E-state index is -0.0940. The molecular formula is C14H17BrClN3. The van der Waals surface area contributed by atoms with Crippen LogP contribution >= 0.6 is 27.5 Å². The standard InChI is InChI=1S/C14H17BrClN3/c1-8-4-10(6-11(16)5-8)12(17)7-13-14(15)9(2)18-19(13)3/h4-6,12H,7,17H2,1-3H3.